The van der Waals surface area contributed by atoms with E-state index in [0.29, 0.717) is 11.3 Å². The van der Waals surface area contributed by atoms with Gasteiger partial charge in [0.2, 0.25) is 11.8 Å². The number of thioether (sulfide) groups is 1. The molecule has 1 aromatic heterocycles. The standard InChI is InChI=1S/C23H26N4O4S/c1-3-4-5-16-6-10-18(11-7-16)25-20(28)15-32-23-27-26-21(31-23)14-24-22(29)17-8-12-19(30-2)13-9-17/h6-13H,3-5,14-15H2,1-2H3,(H,24,29)(H,25,28). The molecule has 1 heterocycles. The van der Waals surface area contributed by atoms with Gasteiger partial charge in [-0.3, -0.25) is 9.59 Å². The van der Waals surface area contributed by atoms with Crippen LogP contribution in [-0.4, -0.2) is 34.9 Å². The lowest BCUT2D eigenvalue weighted by molar-refractivity contribution is -0.113. The molecule has 2 N–H and O–H groups in total. The van der Waals surface area contributed by atoms with Crippen LogP contribution in [0.25, 0.3) is 0 Å². The second-order valence-electron chi connectivity index (χ2n) is 7.01. The molecular weight excluding hydrogens is 428 g/mol. The Morgan fingerprint density at radius 1 is 1.06 bits per heavy atom. The molecule has 32 heavy (non-hydrogen) atoms. The minimum Gasteiger partial charge on any atom is -0.497 e. The third-order valence-corrected chi connectivity index (χ3v) is 5.40. The number of benzene rings is 2. The van der Waals surface area contributed by atoms with Gasteiger partial charge in [0.15, 0.2) is 0 Å². The molecule has 0 atom stereocenters. The summed E-state index contributed by atoms with van der Waals surface area (Å²) in [6, 6.07) is 14.6. The number of hydrogen-bond donors (Lipinski definition) is 2. The molecule has 0 aliphatic carbocycles. The number of ether oxygens (including phenoxy) is 1. The van der Waals surface area contributed by atoms with Gasteiger partial charge in [-0.25, -0.2) is 0 Å². The summed E-state index contributed by atoms with van der Waals surface area (Å²) in [5, 5.41) is 13.6. The second-order valence-corrected chi connectivity index (χ2v) is 7.94. The highest BCUT2D eigenvalue weighted by atomic mass is 32.2. The molecule has 0 unspecified atom stereocenters. The van der Waals surface area contributed by atoms with Crippen LogP contribution in [0.1, 0.15) is 41.6 Å². The van der Waals surface area contributed by atoms with Gasteiger partial charge in [-0.15, -0.1) is 10.2 Å². The first-order valence-corrected chi connectivity index (χ1v) is 11.3. The van der Waals surface area contributed by atoms with Crippen LogP contribution in [0.3, 0.4) is 0 Å². The lowest BCUT2D eigenvalue weighted by Crippen LogP contribution is -2.22. The third kappa shape index (κ3) is 7.12. The van der Waals surface area contributed by atoms with Gasteiger partial charge in [-0.2, -0.15) is 0 Å². The fourth-order valence-electron chi connectivity index (χ4n) is 2.83. The average Bonchev–Trinajstić information content (AvgIpc) is 3.29. The van der Waals surface area contributed by atoms with Crippen molar-refractivity contribution in [2.75, 3.05) is 18.2 Å². The summed E-state index contributed by atoms with van der Waals surface area (Å²) in [5.74, 6) is 0.645. The largest absolute Gasteiger partial charge is 0.497 e. The zero-order chi connectivity index (χ0) is 22.8. The highest BCUT2D eigenvalue weighted by Gasteiger charge is 2.12. The zero-order valence-corrected chi connectivity index (χ0v) is 18.9. The van der Waals surface area contributed by atoms with E-state index >= 15 is 0 Å². The molecule has 3 aromatic rings. The first kappa shape index (κ1) is 23.3. The van der Waals surface area contributed by atoms with Crippen molar-refractivity contribution in [1.29, 1.82) is 0 Å². The second kappa shape index (κ2) is 11.9. The summed E-state index contributed by atoms with van der Waals surface area (Å²) >= 11 is 1.14. The molecule has 0 spiro atoms. The molecule has 168 valence electrons. The minimum atomic E-state index is -0.264. The van der Waals surface area contributed by atoms with Crippen molar-refractivity contribution in [3.63, 3.8) is 0 Å². The quantitative estimate of drug-likeness (QED) is 0.421. The molecule has 0 saturated carbocycles. The molecule has 9 heteroatoms. The zero-order valence-electron chi connectivity index (χ0n) is 18.1. The summed E-state index contributed by atoms with van der Waals surface area (Å²) in [5.41, 5.74) is 2.51. The van der Waals surface area contributed by atoms with E-state index < -0.39 is 0 Å². The Kier molecular flexibility index (Phi) is 8.68. The van der Waals surface area contributed by atoms with Gasteiger partial charge in [-0.05, 0) is 54.8 Å². The summed E-state index contributed by atoms with van der Waals surface area (Å²) in [4.78, 5) is 24.4. The van der Waals surface area contributed by atoms with Crippen LogP contribution in [0.15, 0.2) is 58.2 Å². The molecule has 8 nitrogen and oxygen atoms in total. The van der Waals surface area contributed by atoms with Crippen molar-refractivity contribution in [2.24, 2.45) is 0 Å². The van der Waals surface area contributed by atoms with Crippen LogP contribution in [0.4, 0.5) is 5.69 Å². The normalized spacial score (nSPS) is 10.6. The predicted molar refractivity (Wildman–Crippen MR) is 123 cm³/mol. The molecular formula is C23H26N4O4S. The number of amides is 2. The Morgan fingerprint density at radius 2 is 1.81 bits per heavy atom. The van der Waals surface area contributed by atoms with Crippen LogP contribution < -0.4 is 15.4 Å². The van der Waals surface area contributed by atoms with E-state index in [1.54, 1.807) is 31.4 Å². The van der Waals surface area contributed by atoms with Gasteiger partial charge < -0.3 is 19.8 Å². The van der Waals surface area contributed by atoms with Gasteiger partial charge in [0.05, 0.1) is 19.4 Å². The summed E-state index contributed by atoms with van der Waals surface area (Å²) < 4.78 is 10.6. The first-order valence-electron chi connectivity index (χ1n) is 10.3. The van der Waals surface area contributed by atoms with Crippen LogP contribution in [0, 0.1) is 0 Å². The third-order valence-electron chi connectivity index (χ3n) is 4.58. The van der Waals surface area contributed by atoms with E-state index in [4.69, 9.17) is 9.15 Å². The maximum Gasteiger partial charge on any atom is 0.277 e. The van der Waals surface area contributed by atoms with Gasteiger partial charge in [0.25, 0.3) is 11.1 Å². The molecule has 0 radical (unpaired) electrons. The molecule has 0 bridgehead atoms. The molecule has 2 aromatic carbocycles. The Morgan fingerprint density at radius 3 is 2.50 bits per heavy atom. The highest BCUT2D eigenvalue weighted by molar-refractivity contribution is 7.99. The van der Waals surface area contributed by atoms with E-state index in [2.05, 4.69) is 27.8 Å². The minimum absolute atomic E-state index is 0.0923. The number of carbonyl (C=O) groups is 2. The Labute approximate surface area is 191 Å². The monoisotopic (exact) mass is 454 g/mol. The molecule has 2 amide bonds. The van der Waals surface area contributed by atoms with E-state index in [1.165, 1.54) is 5.56 Å². The van der Waals surface area contributed by atoms with E-state index in [1.807, 2.05) is 24.3 Å². The Hall–Kier alpha value is -3.33. The average molecular weight is 455 g/mol. The summed E-state index contributed by atoms with van der Waals surface area (Å²) in [6.45, 7) is 2.26. The number of unbranched alkanes of at least 4 members (excludes halogenated alkanes) is 1. The maximum absolute atomic E-state index is 12.2. The van der Waals surface area contributed by atoms with Crippen molar-refractivity contribution >= 4 is 29.3 Å². The van der Waals surface area contributed by atoms with Crippen LogP contribution >= 0.6 is 11.8 Å². The summed E-state index contributed by atoms with van der Waals surface area (Å²) in [6.07, 6.45) is 3.35. The highest BCUT2D eigenvalue weighted by Crippen LogP contribution is 2.18. The Balaban J connectivity index is 1.41. The lowest BCUT2D eigenvalue weighted by Gasteiger charge is -2.05. The SMILES string of the molecule is CCCCc1ccc(NC(=O)CSc2nnc(CNC(=O)c3ccc(OC)cc3)o2)cc1. The number of carbonyl (C=O) groups excluding carboxylic acids is 2. The van der Waals surface area contributed by atoms with Crippen LogP contribution in [0.2, 0.25) is 0 Å². The number of aryl methyl sites for hydroxylation is 1. The maximum atomic E-state index is 12.2. The lowest BCUT2D eigenvalue weighted by atomic mass is 10.1. The van der Waals surface area contributed by atoms with Gasteiger partial charge >= 0.3 is 0 Å². The van der Waals surface area contributed by atoms with E-state index in [0.717, 1.165) is 36.7 Å². The number of rotatable bonds is 11. The van der Waals surface area contributed by atoms with Crippen LogP contribution in [-0.2, 0) is 17.8 Å². The van der Waals surface area contributed by atoms with Crippen molar-refractivity contribution in [2.45, 2.75) is 38.0 Å². The number of aromatic nitrogens is 2. The van der Waals surface area contributed by atoms with Gasteiger partial charge in [-0.1, -0.05) is 37.2 Å². The fraction of sp³-hybridized carbons (Fsp3) is 0.304. The van der Waals surface area contributed by atoms with Crippen LogP contribution in [0.5, 0.6) is 5.75 Å². The van der Waals surface area contributed by atoms with Crippen molar-refractivity contribution in [1.82, 2.24) is 15.5 Å². The molecule has 3 rings (SSSR count). The van der Waals surface area contributed by atoms with Crippen molar-refractivity contribution < 1.29 is 18.7 Å². The number of methoxy groups -OCH3 is 1. The molecule has 0 aliphatic heterocycles. The van der Waals surface area contributed by atoms with Gasteiger partial charge in [0, 0.05) is 11.3 Å². The van der Waals surface area contributed by atoms with E-state index in [9.17, 15) is 9.59 Å². The predicted octanol–water partition coefficient (Wildman–Crippen LogP) is 4.08. The number of nitrogens with zero attached hydrogens (tertiary/aromatic N) is 2. The Bertz CT molecular complexity index is 1020. The first-order chi connectivity index (χ1) is 15.6. The topological polar surface area (TPSA) is 106 Å². The van der Waals surface area contributed by atoms with Crippen molar-refractivity contribution in [3.05, 3.63) is 65.5 Å². The van der Waals surface area contributed by atoms with Gasteiger partial charge in [0.1, 0.15) is 5.75 Å². The fourth-order valence-corrected chi connectivity index (χ4v) is 3.41. The molecule has 0 aliphatic rings. The van der Waals surface area contributed by atoms with E-state index in [-0.39, 0.29) is 35.2 Å². The number of anilines is 1. The number of hydrogen-bond acceptors (Lipinski definition) is 7. The summed E-state index contributed by atoms with van der Waals surface area (Å²) in [7, 11) is 1.57. The number of nitrogens with one attached hydrogen (secondary N) is 2. The smallest absolute Gasteiger partial charge is 0.277 e. The molecule has 0 fully saturated rings. The van der Waals surface area contributed by atoms with Crippen molar-refractivity contribution in [3.8, 4) is 5.75 Å². The molecule has 0 saturated heterocycles.